The molecule has 0 atom stereocenters. The molecule has 1 saturated carbocycles. The van der Waals surface area contributed by atoms with Crippen molar-refractivity contribution < 1.29 is 9.59 Å². The van der Waals surface area contributed by atoms with E-state index in [0.29, 0.717) is 0 Å². The first-order valence-corrected chi connectivity index (χ1v) is 7.23. The summed E-state index contributed by atoms with van der Waals surface area (Å²) in [5, 5.41) is 2.97. The van der Waals surface area contributed by atoms with E-state index in [1.165, 1.54) is 13.3 Å². The van der Waals surface area contributed by atoms with Gasteiger partial charge in [0, 0.05) is 31.3 Å². The maximum Gasteiger partial charge on any atom is 0.227 e. The van der Waals surface area contributed by atoms with Gasteiger partial charge in [-0.3, -0.25) is 9.59 Å². The fourth-order valence-electron chi connectivity index (χ4n) is 2.58. The first kappa shape index (κ1) is 14.6. The minimum Gasteiger partial charge on any atom is -0.326 e. The molecule has 0 unspecified atom stereocenters. The molecule has 1 aromatic rings. The molecule has 0 aliphatic heterocycles. The third kappa shape index (κ3) is 3.59. The predicted molar refractivity (Wildman–Crippen MR) is 80.7 cm³/mol. The highest BCUT2D eigenvalue weighted by molar-refractivity contribution is 5.95. The van der Waals surface area contributed by atoms with Crippen LogP contribution >= 0.6 is 0 Å². The number of carbonyl (C=O) groups excluding carboxylic acids is 2. The SMILES string of the molecule is CC(=O)N(C)c1cccc(NC(=O)C2CCCCC2)c1. The zero-order chi connectivity index (χ0) is 14.5. The maximum absolute atomic E-state index is 12.2. The highest BCUT2D eigenvalue weighted by Gasteiger charge is 2.21. The lowest BCUT2D eigenvalue weighted by molar-refractivity contribution is -0.120. The molecule has 20 heavy (non-hydrogen) atoms. The van der Waals surface area contributed by atoms with Crippen LogP contribution in [0.4, 0.5) is 11.4 Å². The van der Waals surface area contributed by atoms with Gasteiger partial charge in [-0.2, -0.15) is 0 Å². The summed E-state index contributed by atoms with van der Waals surface area (Å²) in [5.41, 5.74) is 1.55. The van der Waals surface area contributed by atoms with E-state index in [-0.39, 0.29) is 17.7 Å². The zero-order valence-electron chi connectivity index (χ0n) is 12.2. The van der Waals surface area contributed by atoms with Crippen LogP contribution in [0.25, 0.3) is 0 Å². The Kier molecular flexibility index (Phi) is 4.77. The van der Waals surface area contributed by atoms with Crippen molar-refractivity contribution >= 4 is 23.2 Å². The quantitative estimate of drug-likeness (QED) is 0.920. The smallest absolute Gasteiger partial charge is 0.227 e. The normalized spacial score (nSPS) is 15.7. The number of rotatable bonds is 3. The molecule has 0 heterocycles. The maximum atomic E-state index is 12.2. The third-order valence-corrected chi connectivity index (χ3v) is 3.95. The van der Waals surface area contributed by atoms with Gasteiger partial charge in [0.1, 0.15) is 0 Å². The summed E-state index contributed by atoms with van der Waals surface area (Å²) in [6.07, 6.45) is 5.50. The van der Waals surface area contributed by atoms with E-state index in [9.17, 15) is 9.59 Å². The molecule has 4 nitrogen and oxygen atoms in total. The highest BCUT2D eigenvalue weighted by atomic mass is 16.2. The first-order valence-electron chi connectivity index (χ1n) is 7.23. The molecule has 0 saturated heterocycles. The van der Waals surface area contributed by atoms with Crippen molar-refractivity contribution in [2.24, 2.45) is 5.92 Å². The van der Waals surface area contributed by atoms with E-state index in [0.717, 1.165) is 37.1 Å². The van der Waals surface area contributed by atoms with Crippen LogP contribution in [0.2, 0.25) is 0 Å². The van der Waals surface area contributed by atoms with Crippen molar-refractivity contribution in [3.8, 4) is 0 Å². The Bertz CT molecular complexity index is 493. The standard InChI is InChI=1S/C16H22N2O2/c1-12(19)18(2)15-10-6-9-14(11-15)17-16(20)13-7-4-3-5-8-13/h6,9-11,13H,3-5,7-8H2,1-2H3,(H,17,20). The number of nitrogens with zero attached hydrogens (tertiary/aromatic N) is 1. The fourth-order valence-corrected chi connectivity index (χ4v) is 2.58. The minimum absolute atomic E-state index is 0.0271. The van der Waals surface area contributed by atoms with Gasteiger partial charge < -0.3 is 10.2 Å². The van der Waals surface area contributed by atoms with Gasteiger partial charge in [0.2, 0.25) is 11.8 Å². The number of carbonyl (C=O) groups is 2. The van der Waals surface area contributed by atoms with Crippen LogP contribution in [0.3, 0.4) is 0 Å². The molecule has 0 spiro atoms. The van der Waals surface area contributed by atoms with E-state index >= 15 is 0 Å². The molecule has 1 aromatic carbocycles. The number of anilines is 2. The average Bonchev–Trinajstić information content (AvgIpc) is 2.47. The molecule has 0 aromatic heterocycles. The van der Waals surface area contributed by atoms with Gasteiger partial charge in [0.05, 0.1) is 0 Å². The summed E-state index contributed by atoms with van der Waals surface area (Å²) in [6.45, 7) is 1.52. The molecule has 1 fully saturated rings. The van der Waals surface area contributed by atoms with Gasteiger partial charge in [0.15, 0.2) is 0 Å². The summed E-state index contributed by atoms with van der Waals surface area (Å²) >= 11 is 0. The van der Waals surface area contributed by atoms with E-state index < -0.39 is 0 Å². The summed E-state index contributed by atoms with van der Waals surface area (Å²) < 4.78 is 0. The van der Waals surface area contributed by atoms with Gasteiger partial charge >= 0.3 is 0 Å². The molecule has 1 aliphatic carbocycles. The lowest BCUT2D eigenvalue weighted by Gasteiger charge is -2.21. The van der Waals surface area contributed by atoms with Crippen LogP contribution in [0.1, 0.15) is 39.0 Å². The Morgan fingerprint density at radius 3 is 2.55 bits per heavy atom. The van der Waals surface area contributed by atoms with Gasteiger partial charge in [-0.25, -0.2) is 0 Å². The second kappa shape index (κ2) is 6.55. The van der Waals surface area contributed by atoms with Crippen molar-refractivity contribution in [2.45, 2.75) is 39.0 Å². The molecule has 4 heteroatoms. The number of nitrogens with one attached hydrogen (secondary N) is 1. The van der Waals surface area contributed by atoms with Crippen molar-refractivity contribution in [3.05, 3.63) is 24.3 Å². The average molecular weight is 274 g/mol. The molecular formula is C16H22N2O2. The molecule has 1 N–H and O–H groups in total. The molecular weight excluding hydrogens is 252 g/mol. The Morgan fingerprint density at radius 2 is 1.90 bits per heavy atom. The predicted octanol–water partition coefficient (Wildman–Crippen LogP) is 3.19. The van der Waals surface area contributed by atoms with Crippen LogP contribution in [-0.2, 0) is 9.59 Å². The number of hydrogen-bond acceptors (Lipinski definition) is 2. The van der Waals surface area contributed by atoms with Crippen LogP contribution in [-0.4, -0.2) is 18.9 Å². The monoisotopic (exact) mass is 274 g/mol. The van der Waals surface area contributed by atoms with Crippen LogP contribution in [0, 0.1) is 5.92 Å². The van der Waals surface area contributed by atoms with Gasteiger partial charge in [-0.15, -0.1) is 0 Å². The molecule has 2 rings (SSSR count). The summed E-state index contributed by atoms with van der Waals surface area (Å²) in [4.78, 5) is 25.1. The lowest BCUT2D eigenvalue weighted by Crippen LogP contribution is -2.25. The van der Waals surface area contributed by atoms with Crippen LogP contribution in [0.5, 0.6) is 0 Å². The van der Waals surface area contributed by atoms with E-state index in [4.69, 9.17) is 0 Å². The van der Waals surface area contributed by atoms with Gasteiger partial charge in [0.25, 0.3) is 0 Å². The molecule has 2 amide bonds. The number of hydrogen-bond donors (Lipinski definition) is 1. The number of amides is 2. The Morgan fingerprint density at radius 1 is 1.20 bits per heavy atom. The number of benzene rings is 1. The zero-order valence-corrected chi connectivity index (χ0v) is 12.2. The molecule has 0 bridgehead atoms. The largest absolute Gasteiger partial charge is 0.326 e. The van der Waals surface area contributed by atoms with E-state index in [1.807, 2.05) is 24.3 Å². The van der Waals surface area contributed by atoms with E-state index in [1.54, 1.807) is 11.9 Å². The lowest BCUT2D eigenvalue weighted by atomic mass is 9.88. The van der Waals surface area contributed by atoms with Crippen molar-refractivity contribution in [1.82, 2.24) is 0 Å². The van der Waals surface area contributed by atoms with Crippen molar-refractivity contribution in [2.75, 3.05) is 17.3 Å². The highest BCUT2D eigenvalue weighted by Crippen LogP contribution is 2.26. The second-order valence-electron chi connectivity index (χ2n) is 5.45. The Balaban J connectivity index is 2.03. The fraction of sp³-hybridized carbons (Fsp3) is 0.500. The molecule has 108 valence electrons. The summed E-state index contributed by atoms with van der Waals surface area (Å²) in [5.74, 6) is 0.214. The first-order chi connectivity index (χ1) is 9.58. The molecule has 0 radical (unpaired) electrons. The van der Waals surface area contributed by atoms with E-state index in [2.05, 4.69) is 5.32 Å². The van der Waals surface area contributed by atoms with Crippen LogP contribution in [0.15, 0.2) is 24.3 Å². The summed E-state index contributed by atoms with van der Waals surface area (Å²) in [7, 11) is 1.73. The van der Waals surface area contributed by atoms with Crippen LogP contribution < -0.4 is 10.2 Å². The van der Waals surface area contributed by atoms with Gasteiger partial charge in [-0.05, 0) is 31.0 Å². The minimum atomic E-state index is -0.0271. The van der Waals surface area contributed by atoms with Crippen molar-refractivity contribution in [3.63, 3.8) is 0 Å². The van der Waals surface area contributed by atoms with Gasteiger partial charge in [-0.1, -0.05) is 25.3 Å². The Hall–Kier alpha value is -1.84. The second-order valence-corrected chi connectivity index (χ2v) is 5.45. The summed E-state index contributed by atoms with van der Waals surface area (Å²) in [6, 6.07) is 7.41. The topological polar surface area (TPSA) is 49.4 Å². The molecule has 1 aliphatic rings. The third-order valence-electron chi connectivity index (χ3n) is 3.95. The Labute approximate surface area is 120 Å². The van der Waals surface area contributed by atoms with Crippen molar-refractivity contribution in [1.29, 1.82) is 0 Å².